The van der Waals surface area contributed by atoms with Crippen molar-refractivity contribution < 1.29 is 4.79 Å². The highest BCUT2D eigenvalue weighted by Crippen LogP contribution is 2.37. The van der Waals surface area contributed by atoms with Crippen LogP contribution < -0.4 is 5.73 Å². The summed E-state index contributed by atoms with van der Waals surface area (Å²) in [5.74, 6) is 1.25. The van der Waals surface area contributed by atoms with Crippen LogP contribution in [-0.4, -0.2) is 39.7 Å². The summed E-state index contributed by atoms with van der Waals surface area (Å²) in [4.78, 5) is 14.9. The first-order valence-electron chi connectivity index (χ1n) is 8.11. The summed E-state index contributed by atoms with van der Waals surface area (Å²) in [6.07, 6.45) is 3.31. The summed E-state index contributed by atoms with van der Waals surface area (Å²) in [5, 5.41) is 4.52. The second kappa shape index (κ2) is 5.44. The molecule has 3 unspecified atom stereocenters. The Balaban J connectivity index is 1.80. The van der Waals surface area contributed by atoms with E-state index in [2.05, 4.69) is 12.0 Å². The van der Waals surface area contributed by atoms with E-state index in [0.29, 0.717) is 11.8 Å². The van der Waals surface area contributed by atoms with Crippen molar-refractivity contribution in [2.75, 3.05) is 13.1 Å². The van der Waals surface area contributed by atoms with Crippen molar-refractivity contribution in [2.24, 2.45) is 17.6 Å². The number of carbonyl (C=O) groups is 1. The molecule has 21 heavy (non-hydrogen) atoms. The Morgan fingerprint density at radius 2 is 2.10 bits per heavy atom. The summed E-state index contributed by atoms with van der Waals surface area (Å²) in [5.41, 5.74) is 8.83. The number of likely N-dealkylation sites (tertiary alicyclic amines) is 1. The van der Waals surface area contributed by atoms with Gasteiger partial charge in [0, 0.05) is 31.4 Å². The zero-order valence-electron chi connectivity index (χ0n) is 13.3. The number of nitrogens with two attached hydrogens (primary N) is 1. The van der Waals surface area contributed by atoms with E-state index in [1.807, 2.05) is 23.4 Å². The molecule has 5 heteroatoms. The number of aromatic nitrogens is 2. The molecule has 1 aromatic rings. The molecule has 0 bridgehead atoms. The van der Waals surface area contributed by atoms with E-state index in [-0.39, 0.29) is 11.9 Å². The molecule has 2 fully saturated rings. The third-order valence-electron chi connectivity index (χ3n) is 5.23. The van der Waals surface area contributed by atoms with Crippen LogP contribution in [0.4, 0.5) is 0 Å². The Morgan fingerprint density at radius 3 is 2.76 bits per heavy atom. The van der Waals surface area contributed by atoms with Gasteiger partial charge in [-0.05, 0) is 44.9 Å². The quantitative estimate of drug-likeness (QED) is 0.922. The minimum Gasteiger partial charge on any atom is -0.338 e. The van der Waals surface area contributed by atoms with Gasteiger partial charge in [0.05, 0.1) is 11.3 Å². The molecule has 1 saturated carbocycles. The second-order valence-electron chi connectivity index (χ2n) is 6.64. The molecule has 1 aromatic heterocycles. The number of amides is 1. The average molecular weight is 290 g/mol. The first-order valence-corrected chi connectivity index (χ1v) is 8.11. The van der Waals surface area contributed by atoms with Crippen molar-refractivity contribution in [3.8, 4) is 0 Å². The zero-order valence-corrected chi connectivity index (χ0v) is 13.3. The molecule has 5 nitrogen and oxygen atoms in total. The second-order valence-corrected chi connectivity index (χ2v) is 6.64. The minimum atomic E-state index is 0.147. The third-order valence-corrected chi connectivity index (χ3v) is 5.23. The molecule has 3 atom stereocenters. The van der Waals surface area contributed by atoms with Crippen LogP contribution in [0.3, 0.4) is 0 Å². The van der Waals surface area contributed by atoms with E-state index < -0.39 is 0 Å². The van der Waals surface area contributed by atoms with Crippen molar-refractivity contribution in [2.45, 2.75) is 52.6 Å². The van der Waals surface area contributed by atoms with Gasteiger partial charge in [-0.25, -0.2) is 0 Å². The number of hydrogen-bond acceptors (Lipinski definition) is 3. The number of hydrogen-bond donors (Lipinski definition) is 1. The van der Waals surface area contributed by atoms with Crippen molar-refractivity contribution >= 4 is 5.91 Å². The van der Waals surface area contributed by atoms with Crippen molar-refractivity contribution in [3.05, 3.63) is 17.0 Å². The van der Waals surface area contributed by atoms with Gasteiger partial charge in [0.2, 0.25) is 0 Å². The van der Waals surface area contributed by atoms with Gasteiger partial charge in [0.15, 0.2) is 0 Å². The summed E-state index contributed by atoms with van der Waals surface area (Å²) >= 11 is 0. The monoisotopic (exact) mass is 290 g/mol. The van der Waals surface area contributed by atoms with Crippen LogP contribution in [-0.2, 0) is 6.54 Å². The molecular weight excluding hydrogens is 264 g/mol. The van der Waals surface area contributed by atoms with E-state index in [9.17, 15) is 4.79 Å². The molecule has 1 aliphatic carbocycles. The highest BCUT2D eigenvalue weighted by Gasteiger charge is 2.43. The van der Waals surface area contributed by atoms with Gasteiger partial charge in [-0.3, -0.25) is 9.48 Å². The number of nitrogens with zero attached hydrogens (tertiary/aromatic N) is 3. The number of fused-ring (bicyclic) bond motifs is 1. The van der Waals surface area contributed by atoms with Gasteiger partial charge >= 0.3 is 0 Å². The zero-order chi connectivity index (χ0) is 15.1. The maximum atomic E-state index is 12.9. The van der Waals surface area contributed by atoms with Gasteiger partial charge in [-0.15, -0.1) is 0 Å². The lowest BCUT2D eigenvalue weighted by Gasteiger charge is -2.19. The van der Waals surface area contributed by atoms with E-state index in [1.54, 1.807) is 0 Å². The Morgan fingerprint density at radius 1 is 1.33 bits per heavy atom. The van der Waals surface area contributed by atoms with Crippen LogP contribution >= 0.6 is 0 Å². The molecule has 0 radical (unpaired) electrons. The molecule has 0 aromatic carbocycles. The highest BCUT2D eigenvalue weighted by molar-refractivity contribution is 5.96. The Labute approximate surface area is 126 Å². The maximum Gasteiger partial charge on any atom is 0.257 e. The predicted octanol–water partition coefficient (Wildman–Crippen LogP) is 1.72. The minimum absolute atomic E-state index is 0.147. The Hall–Kier alpha value is -1.36. The van der Waals surface area contributed by atoms with E-state index in [0.717, 1.165) is 49.4 Å². The fourth-order valence-electron chi connectivity index (χ4n) is 4.07. The molecule has 1 aliphatic heterocycles. The Bertz CT molecular complexity index is 551. The van der Waals surface area contributed by atoms with Crippen LogP contribution in [0.25, 0.3) is 0 Å². The standard InChI is InChI=1S/C16H26N4O/c1-4-7-20-11(3)15(10(2)18-20)16(21)19-8-12-5-6-14(17)13(12)9-19/h12-14H,4-9,17H2,1-3H3. The molecule has 2 N–H and O–H groups in total. The van der Waals surface area contributed by atoms with E-state index in [4.69, 9.17) is 5.73 Å². The summed E-state index contributed by atoms with van der Waals surface area (Å²) < 4.78 is 1.96. The van der Waals surface area contributed by atoms with Crippen LogP contribution in [0.2, 0.25) is 0 Å². The molecule has 1 amide bonds. The molecule has 2 aliphatic rings. The van der Waals surface area contributed by atoms with Crippen molar-refractivity contribution in [1.29, 1.82) is 0 Å². The van der Waals surface area contributed by atoms with Gasteiger partial charge in [-0.2, -0.15) is 5.10 Å². The molecule has 0 spiro atoms. The number of carbonyl (C=O) groups excluding carboxylic acids is 1. The van der Waals surface area contributed by atoms with Gasteiger partial charge in [-0.1, -0.05) is 6.92 Å². The van der Waals surface area contributed by atoms with Crippen LogP contribution in [0.1, 0.15) is 47.9 Å². The molecular formula is C16H26N4O. The lowest BCUT2D eigenvalue weighted by molar-refractivity contribution is 0.0778. The first kappa shape index (κ1) is 14.6. The predicted molar refractivity (Wildman–Crippen MR) is 82.1 cm³/mol. The fraction of sp³-hybridized carbons (Fsp3) is 0.750. The lowest BCUT2D eigenvalue weighted by atomic mass is 9.98. The summed E-state index contributed by atoms with van der Waals surface area (Å²) in [6.45, 7) is 8.63. The van der Waals surface area contributed by atoms with Gasteiger partial charge in [0.25, 0.3) is 5.91 Å². The topological polar surface area (TPSA) is 64.2 Å². The lowest BCUT2D eigenvalue weighted by Crippen LogP contribution is -2.34. The molecule has 116 valence electrons. The smallest absolute Gasteiger partial charge is 0.257 e. The summed E-state index contributed by atoms with van der Waals surface area (Å²) in [6, 6.07) is 0.276. The third kappa shape index (κ3) is 2.37. The first-order chi connectivity index (χ1) is 10.0. The maximum absolute atomic E-state index is 12.9. The molecule has 3 rings (SSSR count). The van der Waals surface area contributed by atoms with Gasteiger partial charge < -0.3 is 10.6 Å². The number of rotatable bonds is 3. The van der Waals surface area contributed by atoms with Crippen LogP contribution in [0.5, 0.6) is 0 Å². The van der Waals surface area contributed by atoms with E-state index >= 15 is 0 Å². The van der Waals surface area contributed by atoms with Crippen molar-refractivity contribution in [1.82, 2.24) is 14.7 Å². The summed E-state index contributed by atoms with van der Waals surface area (Å²) in [7, 11) is 0. The van der Waals surface area contributed by atoms with Crippen molar-refractivity contribution in [3.63, 3.8) is 0 Å². The highest BCUT2D eigenvalue weighted by atomic mass is 16.2. The Kier molecular flexibility index (Phi) is 3.78. The average Bonchev–Trinajstić information content (AvgIpc) is 3.07. The normalized spacial score (nSPS) is 28.2. The number of aryl methyl sites for hydroxylation is 2. The molecule has 1 saturated heterocycles. The SMILES string of the molecule is CCCn1nc(C)c(C(=O)N2CC3CCC(N)C3C2)c1C. The van der Waals surface area contributed by atoms with Gasteiger partial charge in [0.1, 0.15) is 0 Å². The van der Waals surface area contributed by atoms with Crippen LogP contribution in [0.15, 0.2) is 0 Å². The fourth-order valence-corrected chi connectivity index (χ4v) is 4.07. The van der Waals surface area contributed by atoms with E-state index in [1.165, 1.54) is 6.42 Å². The van der Waals surface area contributed by atoms with Crippen LogP contribution in [0, 0.1) is 25.7 Å². The molecule has 2 heterocycles. The largest absolute Gasteiger partial charge is 0.338 e.